The van der Waals surface area contributed by atoms with Crippen LogP contribution in [0.4, 0.5) is 5.69 Å². The van der Waals surface area contributed by atoms with E-state index in [1.165, 1.54) is 0 Å². The summed E-state index contributed by atoms with van der Waals surface area (Å²) in [7, 11) is 0. The van der Waals surface area contributed by atoms with Crippen molar-refractivity contribution in [2.75, 3.05) is 12.3 Å². The Kier molecular flexibility index (Phi) is 3.99. The minimum Gasteiger partial charge on any atom is -0.494 e. The fourth-order valence-electron chi connectivity index (χ4n) is 1.30. The van der Waals surface area contributed by atoms with Gasteiger partial charge in [-0.25, -0.2) is 4.79 Å². The third kappa shape index (κ3) is 3.98. The minimum absolute atomic E-state index is 0.339. The van der Waals surface area contributed by atoms with E-state index in [0.717, 1.165) is 0 Å². The van der Waals surface area contributed by atoms with Gasteiger partial charge in [0.15, 0.2) is 0 Å². The fraction of sp³-hybridized carbons (Fsp3) is 0.462. The Morgan fingerprint density at radius 1 is 1.35 bits per heavy atom. The number of nitrogen functional groups attached to an aromatic ring is 1. The minimum atomic E-state index is -0.537. The summed E-state index contributed by atoms with van der Waals surface area (Å²) in [4.78, 5) is 11.9. The summed E-state index contributed by atoms with van der Waals surface area (Å²) >= 11 is 0. The van der Waals surface area contributed by atoms with Crippen molar-refractivity contribution in [3.8, 4) is 5.75 Å². The molecule has 0 amide bonds. The van der Waals surface area contributed by atoms with Gasteiger partial charge in [0.25, 0.3) is 0 Å². The van der Waals surface area contributed by atoms with E-state index >= 15 is 0 Å². The van der Waals surface area contributed by atoms with Crippen LogP contribution in [-0.2, 0) is 4.74 Å². The summed E-state index contributed by atoms with van der Waals surface area (Å²) in [5.74, 6) is 0.180. The maximum Gasteiger partial charge on any atom is 0.340 e. The van der Waals surface area contributed by atoms with Gasteiger partial charge in [-0.3, -0.25) is 0 Å². The smallest absolute Gasteiger partial charge is 0.340 e. The first kappa shape index (κ1) is 13.4. The summed E-state index contributed by atoms with van der Waals surface area (Å²) in [6.45, 7) is 7.86. The van der Waals surface area contributed by atoms with Crippen LogP contribution in [0.1, 0.15) is 38.1 Å². The molecule has 0 spiro atoms. The van der Waals surface area contributed by atoms with Crippen LogP contribution in [0.25, 0.3) is 0 Å². The van der Waals surface area contributed by atoms with Crippen LogP contribution in [0.15, 0.2) is 18.2 Å². The summed E-state index contributed by atoms with van der Waals surface area (Å²) in [5, 5.41) is 0. The first-order valence-electron chi connectivity index (χ1n) is 5.59. The number of ether oxygens (including phenoxy) is 2. The lowest BCUT2D eigenvalue weighted by atomic mass is 10.1. The van der Waals surface area contributed by atoms with Gasteiger partial charge in [0, 0.05) is 5.69 Å². The normalized spacial score (nSPS) is 11.1. The van der Waals surface area contributed by atoms with E-state index in [1.807, 2.05) is 27.7 Å². The average molecular weight is 237 g/mol. The summed E-state index contributed by atoms with van der Waals surface area (Å²) in [6, 6.07) is 4.98. The van der Waals surface area contributed by atoms with Crippen LogP contribution in [0.3, 0.4) is 0 Å². The number of benzene rings is 1. The van der Waals surface area contributed by atoms with Crippen LogP contribution < -0.4 is 10.5 Å². The topological polar surface area (TPSA) is 61.5 Å². The number of hydrogen-bond donors (Lipinski definition) is 1. The maximum atomic E-state index is 11.9. The fourth-order valence-corrected chi connectivity index (χ4v) is 1.30. The molecular weight excluding hydrogens is 218 g/mol. The van der Waals surface area contributed by atoms with Crippen molar-refractivity contribution in [1.82, 2.24) is 0 Å². The molecule has 1 aromatic carbocycles. The molecule has 0 saturated carbocycles. The van der Waals surface area contributed by atoms with Crippen LogP contribution in [-0.4, -0.2) is 18.2 Å². The Balaban J connectivity index is 2.95. The van der Waals surface area contributed by atoms with Crippen LogP contribution in [0.5, 0.6) is 5.75 Å². The molecule has 0 aliphatic heterocycles. The second kappa shape index (κ2) is 5.08. The van der Waals surface area contributed by atoms with E-state index in [-0.39, 0.29) is 0 Å². The summed E-state index contributed by atoms with van der Waals surface area (Å²) < 4.78 is 10.6. The Labute approximate surface area is 102 Å². The van der Waals surface area contributed by atoms with Gasteiger partial charge in [-0.05, 0) is 45.9 Å². The molecule has 4 nitrogen and oxygen atoms in total. The molecule has 0 atom stereocenters. The van der Waals surface area contributed by atoms with Gasteiger partial charge in [-0.1, -0.05) is 0 Å². The quantitative estimate of drug-likeness (QED) is 0.648. The SMILES string of the molecule is CCOc1ccc(N)c(C(=O)OC(C)(C)C)c1. The van der Waals surface area contributed by atoms with E-state index in [2.05, 4.69) is 0 Å². The molecule has 0 saturated heterocycles. The van der Waals surface area contributed by atoms with Crippen molar-refractivity contribution < 1.29 is 14.3 Å². The van der Waals surface area contributed by atoms with Crippen molar-refractivity contribution in [3.05, 3.63) is 23.8 Å². The Morgan fingerprint density at radius 3 is 2.53 bits per heavy atom. The van der Waals surface area contributed by atoms with Crippen molar-refractivity contribution in [1.29, 1.82) is 0 Å². The Hall–Kier alpha value is -1.71. The van der Waals surface area contributed by atoms with Gasteiger partial charge >= 0.3 is 5.97 Å². The molecule has 0 aliphatic carbocycles. The third-order valence-corrected chi connectivity index (χ3v) is 1.95. The second-order valence-corrected chi connectivity index (χ2v) is 4.68. The zero-order valence-electron chi connectivity index (χ0n) is 10.7. The van der Waals surface area contributed by atoms with E-state index in [0.29, 0.717) is 23.6 Å². The van der Waals surface area contributed by atoms with Gasteiger partial charge < -0.3 is 15.2 Å². The van der Waals surface area contributed by atoms with Gasteiger partial charge in [0.05, 0.1) is 12.2 Å². The first-order valence-corrected chi connectivity index (χ1v) is 5.59. The lowest BCUT2D eigenvalue weighted by molar-refractivity contribution is 0.00704. The van der Waals surface area contributed by atoms with Crippen molar-refractivity contribution in [3.63, 3.8) is 0 Å². The monoisotopic (exact) mass is 237 g/mol. The number of hydrogen-bond acceptors (Lipinski definition) is 4. The summed E-state index contributed by atoms with van der Waals surface area (Å²) in [5.41, 5.74) is 5.94. The molecule has 0 fully saturated rings. The van der Waals surface area contributed by atoms with Gasteiger partial charge in [-0.15, -0.1) is 0 Å². The van der Waals surface area contributed by atoms with E-state index in [9.17, 15) is 4.79 Å². The number of carbonyl (C=O) groups is 1. The molecule has 17 heavy (non-hydrogen) atoms. The van der Waals surface area contributed by atoms with Crippen molar-refractivity contribution in [2.45, 2.75) is 33.3 Å². The lowest BCUT2D eigenvalue weighted by Crippen LogP contribution is -2.24. The molecular formula is C13H19NO3. The summed E-state index contributed by atoms with van der Waals surface area (Å²) in [6.07, 6.45) is 0. The lowest BCUT2D eigenvalue weighted by Gasteiger charge is -2.20. The molecule has 2 N–H and O–H groups in total. The predicted molar refractivity (Wildman–Crippen MR) is 67.2 cm³/mol. The molecule has 0 aromatic heterocycles. The molecule has 0 radical (unpaired) electrons. The second-order valence-electron chi connectivity index (χ2n) is 4.68. The highest BCUT2D eigenvalue weighted by atomic mass is 16.6. The zero-order valence-corrected chi connectivity index (χ0v) is 10.7. The standard InChI is InChI=1S/C13H19NO3/c1-5-16-9-6-7-11(14)10(8-9)12(15)17-13(2,3)4/h6-8H,5,14H2,1-4H3. The Morgan fingerprint density at radius 2 is 2.00 bits per heavy atom. The first-order chi connectivity index (χ1) is 7.83. The van der Waals surface area contributed by atoms with Crippen LogP contribution in [0.2, 0.25) is 0 Å². The molecule has 1 rings (SSSR count). The molecule has 0 bridgehead atoms. The number of anilines is 1. The number of nitrogens with two attached hydrogens (primary N) is 1. The highest BCUT2D eigenvalue weighted by Crippen LogP contribution is 2.22. The van der Waals surface area contributed by atoms with Gasteiger partial charge in [0.2, 0.25) is 0 Å². The number of carbonyl (C=O) groups excluding carboxylic acids is 1. The highest BCUT2D eigenvalue weighted by Gasteiger charge is 2.20. The average Bonchev–Trinajstić information content (AvgIpc) is 2.18. The molecule has 1 aromatic rings. The van der Waals surface area contributed by atoms with Gasteiger partial charge in [0.1, 0.15) is 11.4 Å². The number of rotatable bonds is 3. The molecule has 4 heteroatoms. The molecule has 0 aliphatic rings. The largest absolute Gasteiger partial charge is 0.494 e. The molecule has 0 heterocycles. The van der Waals surface area contributed by atoms with E-state index < -0.39 is 11.6 Å². The zero-order chi connectivity index (χ0) is 13.1. The van der Waals surface area contributed by atoms with Gasteiger partial charge in [-0.2, -0.15) is 0 Å². The highest BCUT2D eigenvalue weighted by molar-refractivity contribution is 5.95. The molecule has 94 valence electrons. The number of esters is 1. The van der Waals surface area contributed by atoms with E-state index in [1.54, 1.807) is 18.2 Å². The van der Waals surface area contributed by atoms with Crippen LogP contribution >= 0.6 is 0 Å². The third-order valence-electron chi connectivity index (χ3n) is 1.95. The predicted octanol–water partition coefficient (Wildman–Crippen LogP) is 2.62. The van der Waals surface area contributed by atoms with Crippen LogP contribution in [0, 0.1) is 0 Å². The molecule has 0 unspecified atom stereocenters. The van der Waals surface area contributed by atoms with E-state index in [4.69, 9.17) is 15.2 Å². The van der Waals surface area contributed by atoms with Crippen molar-refractivity contribution >= 4 is 11.7 Å². The Bertz CT molecular complexity index is 408. The van der Waals surface area contributed by atoms with Crippen molar-refractivity contribution in [2.24, 2.45) is 0 Å². The maximum absolute atomic E-state index is 11.9.